The van der Waals surface area contributed by atoms with Crippen molar-refractivity contribution in [1.29, 1.82) is 0 Å². The van der Waals surface area contributed by atoms with E-state index in [4.69, 9.17) is 15.5 Å². The predicted molar refractivity (Wildman–Crippen MR) is 137 cm³/mol. The van der Waals surface area contributed by atoms with E-state index >= 15 is 0 Å². The second kappa shape index (κ2) is 9.16. The van der Waals surface area contributed by atoms with Crippen LogP contribution in [0.3, 0.4) is 0 Å². The molecule has 5 rings (SSSR count). The summed E-state index contributed by atoms with van der Waals surface area (Å²) in [4.78, 5) is 4.75. The van der Waals surface area contributed by atoms with E-state index in [1.54, 1.807) is 21.9 Å². The fourth-order valence-electron chi connectivity index (χ4n) is 4.36. The summed E-state index contributed by atoms with van der Waals surface area (Å²) in [5, 5.41) is 6.75. The van der Waals surface area contributed by atoms with Gasteiger partial charge in [-0.25, -0.2) is 12.7 Å². The standard InChI is InChI=1S/C24H26BrN5O3S/c1-2-34(31,32)29-11-9-16(10-12-29)15-33-24-21(25)22(26)30-23(28-24)20(14-27-30)19-8-7-17-5-3-4-6-18(17)13-19/h3-8,13-14,16H,2,9-12,15,26H2,1H3. The Labute approximate surface area is 206 Å². The molecule has 1 saturated heterocycles. The highest BCUT2D eigenvalue weighted by molar-refractivity contribution is 9.10. The van der Waals surface area contributed by atoms with E-state index in [-0.39, 0.29) is 11.7 Å². The number of benzene rings is 2. The highest BCUT2D eigenvalue weighted by atomic mass is 79.9. The van der Waals surface area contributed by atoms with E-state index in [9.17, 15) is 8.42 Å². The lowest BCUT2D eigenvalue weighted by atomic mass is 9.99. The molecule has 0 spiro atoms. The monoisotopic (exact) mass is 543 g/mol. The van der Waals surface area contributed by atoms with Crippen LogP contribution in [0.4, 0.5) is 5.82 Å². The van der Waals surface area contributed by atoms with Gasteiger partial charge in [-0.2, -0.15) is 14.6 Å². The molecule has 1 aliphatic heterocycles. The predicted octanol–water partition coefficient (Wildman–Crippen LogP) is 4.33. The molecule has 3 heterocycles. The summed E-state index contributed by atoms with van der Waals surface area (Å²) < 4.78 is 34.0. The number of rotatable bonds is 6. The van der Waals surface area contributed by atoms with E-state index in [1.165, 1.54) is 5.39 Å². The van der Waals surface area contributed by atoms with Crippen molar-refractivity contribution in [2.45, 2.75) is 19.8 Å². The Kier molecular flexibility index (Phi) is 6.22. The van der Waals surface area contributed by atoms with Crippen molar-refractivity contribution >= 4 is 48.2 Å². The number of anilines is 1. The summed E-state index contributed by atoms with van der Waals surface area (Å²) in [5.74, 6) is 1.21. The molecule has 0 radical (unpaired) electrons. The van der Waals surface area contributed by atoms with Gasteiger partial charge in [-0.15, -0.1) is 0 Å². The van der Waals surface area contributed by atoms with Crippen LogP contribution in [0.15, 0.2) is 53.1 Å². The van der Waals surface area contributed by atoms with Crippen molar-refractivity contribution in [3.05, 3.63) is 53.1 Å². The van der Waals surface area contributed by atoms with Gasteiger partial charge in [-0.3, -0.25) is 0 Å². The SMILES string of the molecule is CCS(=O)(=O)N1CCC(COc2nc3c(-c4ccc5ccccc5c4)cnn3c(N)c2Br)CC1. The Balaban J connectivity index is 1.39. The van der Waals surface area contributed by atoms with Crippen molar-refractivity contribution in [2.75, 3.05) is 31.2 Å². The van der Waals surface area contributed by atoms with Crippen LogP contribution in [0.2, 0.25) is 0 Å². The zero-order valence-corrected chi connectivity index (χ0v) is 21.2. The molecule has 4 aromatic rings. The Bertz CT molecular complexity index is 1460. The molecule has 0 bridgehead atoms. The number of aromatic nitrogens is 3. The Morgan fingerprint density at radius 1 is 1.15 bits per heavy atom. The number of sulfonamides is 1. The topological polar surface area (TPSA) is 103 Å². The zero-order valence-electron chi connectivity index (χ0n) is 18.8. The van der Waals surface area contributed by atoms with Crippen LogP contribution in [0.5, 0.6) is 5.88 Å². The lowest BCUT2D eigenvalue weighted by Crippen LogP contribution is -2.40. The maximum absolute atomic E-state index is 12.1. The fourth-order valence-corrected chi connectivity index (χ4v) is 5.87. The minimum absolute atomic E-state index is 0.134. The summed E-state index contributed by atoms with van der Waals surface area (Å²) in [5.41, 5.74) is 8.84. The van der Waals surface area contributed by atoms with Crippen LogP contribution < -0.4 is 10.5 Å². The summed E-state index contributed by atoms with van der Waals surface area (Å²) in [6.45, 7) is 3.17. The van der Waals surface area contributed by atoms with Crippen LogP contribution in [0, 0.1) is 5.92 Å². The molecular weight excluding hydrogens is 518 g/mol. The van der Waals surface area contributed by atoms with Gasteiger partial charge in [0.15, 0.2) is 5.65 Å². The van der Waals surface area contributed by atoms with Gasteiger partial charge < -0.3 is 10.5 Å². The third kappa shape index (κ3) is 4.25. The van der Waals surface area contributed by atoms with Crippen molar-refractivity contribution in [3.8, 4) is 17.0 Å². The van der Waals surface area contributed by atoms with Crippen molar-refractivity contribution in [1.82, 2.24) is 18.9 Å². The smallest absolute Gasteiger partial charge is 0.233 e. The number of hydrogen-bond donors (Lipinski definition) is 1. The first-order chi connectivity index (χ1) is 16.4. The highest BCUT2D eigenvalue weighted by Crippen LogP contribution is 2.35. The average molecular weight is 544 g/mol. The summed E-state index contributed by atoms with van der Waals surface area (Å²) in [6, 6.07) is 14.4. The number of halogens is 1. The Morgan fingerprint density at radius 3 is 2.62 bits per heavy atom. The zero-order chi connectivity index (χ0) is 23.9. The van der Waals surface area contributed by atoms with E-state index in [2.05, 4.69) is 51.4 Å². The molecule has 10 heteroatoms. The molecule has 0 aliphatic carbocycles. The van der Waals surface area contributed by atoms with Gasteiger partial charge in [0.25, 0.3) is 0 Å². The van der Waals surface area contributed by atoms with Crippen LogP contribution in [0.25, 0.3) is 27.5 Å². The molecule has 1 aliphatic rings. The quantitative estimate of drug-likeness (QED) is 0.388. The minimum Gasteiger partial charge on any atom is -0.476 e. The number of ether oxygens (including phenoxy) is 1. The second-order valence-corrected chi connectivity index (χ2v) is 11.6. The second-order valence-electron chi connectivity index (χ2n) is 8.53. The van der Waals surface area contributed by atoms with Gasteiger partial charge >= 0.3 is 0 Å². The maximum Gasteiger partial charge on any atom is 0.233 e. The normalized spacial score (nSPS) is 15.8. The van der Waals surface area contributed by atoms with Crippen LogP contribution in [-0.2, 0) is 10.0 Å². The molecule has 2 N–H and O–H groups in total. The maximum atomic E-state index is 12.1. The van der Waals surface area contributed by atoms with Gasteiger partial charge in [0.1, 0.15) is 10.3 Å². The van der Waals surface area contributed by atoms with Gasteiger partial charge in [-0.05, 0) is 64.0 Å². The third-order valence-corrected chi connectivity index (χ3v) is 9.07. The number of hydrogen-bond acceptors (Lipinski definition) is 6. The van der Waals surface area contributed by atoms with Gasteiger partial charge in [-0.1, -0.05) is 36.4 Å². The summed E-state index contributed by atoms with van der Waals surface area (Å²) in [6.07, 6.45) is 3.27. The third-order valence-electron chi connectivity index (χ3n) is 6.44. The Hall–Kier alpha value is -2.69. The van der Waals surface area contributed by atoms with E-state index in [1.807, 2.05) is 12.1 Å². The van der Waals surface area contributed by atoms with E-state index in [0.29, 0.717) is 41.5 Å². The van der Waals surface area contributed by atoms with Crippen molar-refractivity contribution in [3.63, 3.8) is 0 Å². The molecule has 178 valence electrons. The van der Waals surface area contributed by atoms with Crippen LogP contribution >= 0.6 is 15.9 Å². The number of nitrogen functional groups attached to an aromatic ring is 1. The van der Waals surface area contributed by atoms with Crippen molar-refractivity contribution < 1.29 is 13.2 Å². The molecular formula is C24H26BrN5O3S. The summed E-state index contributed by atoms with van der Waals surface area (Å²) in [7, 11) is -3.14. The lowest BCUT2D eigenvalue weighted by Gasteiger charge is -2.30. The molecule has 1 fully saturated rings. The lowest BCUT2D eigenvalue weighted by molar-refractivity contribution is 0.180. The molecule has 2 aromatic heterocycles. The minimum atomic E-state index is -3.14. The van der Waals surface area contributed by atoms with Gasteiger partial charge in [0.05, 0.1) is 18.6 Å². The largest absolute Gasteiger partial charge is 0.476 e. The van der Waals surface area contributed by atoms with Gasteiger partial charge in [0, 0.05) is 18.7 Å². The average Bonchev–Trinajstić information content (AvgIpc) is 3.29. The first kappa shape index (κ1) is 23.1. The van der Waals surface area contributed by atoms with E-state index < -0.39 is 10.0 Å². The number of piperidine rings is 1. The molecule has 2 aromatic carbocycles. The first-order valence-electron chi connectivity index (χ1n) is 11.3. The fraction of sp³-hybridized carbons (Fsp3) is 0.333. The molecule has 0 unspecified atom stereocenters. The molecule has 8 nitrogen and oxygen atoms in total. The summed E-state index contributed by atoms with van der Waals surface area (Å²) >= 11 is 3.51. The first-order valence-corrected chi connectivity index (χ1v) is 13.7. The molecule has 0 amide bonds. The number of fused-ring (bicyclic) bond motifs is 2. The number of nitrogens with two attached hydrogens (primary N) is 1. The molecule has 0 atom stereocenters. The number of nitrogens with zero attached hydrogens (tertiary/aromatic N) is 4. The Morgan fingerprint density at radius 2 is 1.88 bits per heavy atom. The highest BCUT2D eigenvalue weighted by Gasteiger charge is 2.27. The van der Waals surface area contributed by atoms with Gasteiger partial charge in [0.2, 0.25) is 15.9 Å². The van der Waals surface area contributed by atoms with Crippen molar-refractivity contribution in [2.24, 2.45) is 5.92 Å². The van der Waals surface area contributed by atoms with Crippen LogP contribution in [0.1, 0.15) is 19.8 Å². The molecule has 34 heavy (non-hydrogen) atoms. The molecule has 0 saturated carbocycles. The van der Waals surface area contributed by atoms with Crippen LogP contribution in [-0.4, -0.2) is 52.8 Å². The van der Waals surface area contributed by atoms with E-state index in [0.717, 1.165) is 29.4 Å².